The molecule has 0 aliphatic carbocycles. The molecular weight excluding hydrogens is 344 g/mol. The van der Waals surface area contributed by atoms with E-state index in [1.165, 1.54) is 4.57 Å². The maximum Gasteiger partial charge on any atom is 0.331 e. The molecule has 4 nitrogen and oxygen atoms in total. The average Bonchev–Trinajstić information content (AvgIpc) is 2.40. The Morgan fingerprint density at radius 1 is 1.14 bits per heavy atom. The van der Waals surface area contributed by atoms with Crippen LogP contribution in [0.4, 0.5) is 0 Å². The second kappa shape index (κ2) is 6.41. The van der Waals surface area contributed by atoms with Crippen molar-refractivity contribution in [3.63, 3.8) is 0 Å². The molecule has 2 rings (SSSR count). The lowest BCUT2D eigenvalue weighted by Gasteiger charge is -2.24. The SMILES string of the molecule is CCCCCn1c(=O)n(C(C)(C)C)c(=O)c2ccc(Br)cc21. The van der Waals surface area contributed by atoms with E-state index in [1.54, 1.807) is 10.6 Å². The average molecular weight is 367 g/mol. The van der Waals surface area contributed by atoms with Gasteiger partial charge in [-0.05, 0) is 45.4 Å². The zero-order chi connectivity index (χ0) is 16.5. The van der Waals surface area contributed by atoms with Crippen LogP contribution >= 0.6 is 15.9 Å². The number of aromatic nitrogens is 2. The van der Waals surface area contributed by atoms with Crippen LogP contribution in [0.5, 0.6) is 0 Å². The fraction of sp³-hybridized carbons (Fsp3) is 0.529. The van der Waals surface area contributed by atoms with Crippen LogP contribution in [0.1, 0.15) is 47.0 Å². The summed E-state index contributed by atoms with van der Waals surface area (Å²) in [5.41, 5.74) is -0.269. The molecule has 0 atom stereocenters. The highest BCUT2D eigenvalue weighted by molar-refractivity contribution is 9.10. The molecule has 5 heteroatoms. The summed E-state index contributed by atoms with van der Waals surface area (Å²) in [7, 11) is 0. The third-order valence-electron chi connectivity index (χ3n) is 3.76. The quantitative estimate of drug-likeness (QED) is 0.770. The smallest absolute Gasteiger partial charge is 0.293 e. The van der Waals surface area contributed by atoms with Gasteiger partial charge in [-0.15, -0.1) is 0 Å². The van der Waals surface area contributed by atoms with Gasteiger partial charge in [-0.1, -0.05) is 35.7 Å². The van der Waals surface area contributed by atoms with Crippen LogP contribution in [0.3, 0.4) is 0 Å². The van der Waals surface area contributed by atoms with Crippen molar-refractivity contribution in [2.45, 2.75) is 59.0 Å². The van der Waals surface area contributed by atoms with Crippen LogP contribution in [0.15, 0.2) is 32.3 Å². The largest absolute Gasteiger partial charge is 0.331 e. The van der Waals surface area contributed by atoms with Crippen LogP contribution in [-0.4, -0.2) is 9.13 Å². The van der Waals surface area contributed by atoms with Gasteiger partial charge in [0.1, 0.15) is 0 Å². The zero-order valence-corrected chi connectivity index (χ0v) is 15.2. The number of rotatable bonds is 4. The van der Waals surface area contributed by atoms with Crippen LogP contribution in [0, 0.1) is 0 Å². The first-order valence-electron chi connectivity index (χ1n) is 7.73. The van der Waals surface area contributed by atoms with Crippen molar-refractivity contribution in [1.29, 1.82) is 0 Å². The molecule has 120 valence electrons. The summed E-state index contributed by atoms with van der Waals surface area (Å²) < 4.78 is 3.98. The third-order valence-corrected chi connectivity index (χ3v) is 4.26. The van der Waals surface area contributed by atoms with E-state index < -0.39 is 5.54 Å². The number of hydrogen-bond donors (Lipinski definition) is 0. The summed E-state index contributed by atoms with van der Waals surface area (Å²) in [6.45, 7) is 8.42. The van der Waals surface area contributed by atoms with E-state index in [4.69, 9.17) is 0 Å². The summed E-state index contributed by atoms with van der Waals surface area (Å²) in [5.74, 6) is 0. The molecule has 0 spiro atoms. The van der Waals surface area contributed by atoms with E-state index in [-0.39, 0.29) is 11.2 Å². The first kappa shape index (κ1) is 17.0. The number of aryl methyl sites for hydroxylation is 1. The Labute approximate surface area is 138 Å². The molecule has 1 aromatic carbocycles. The predicted molar refractivity (Wildman–Crippen MR) is 94.7 cm³/mol. The standard InChI is InChI=1S/C17H23BrN2O2/c1-5-6-7-10-19-14-11-12(18)8-9-13(14)15(21)20(16(19)22)17(2,3)4/h8-9,11H,5-7,10H2,1-4H3. The van der Waals surface area contributed by atoms with Gasteiger partial charge < -0.3 is 0 Å². The third kappa shape index (κ3) is 3.19. The number of benzene rings is 1. The molecule has 0 amide bonds. The molecule has 0 unspecified atom stereocenters. The van der Waals surface area contributed by atoms with Gasteiger partial charge in [-0.2, -0.15) is 0 Å². The molecule has 0 aliphatic rings. The van der Waals surface area contributed by atoms with Crippen LogP contribution < -0.4 is 11.2 Å². The molecule has 0 radical (unpaired) electrons. The second-order valence-electron chi connectivity index (χ2n) is 6.61. The van der Waals surface area contributed by atoms with Crippen LogP contribution in [-0.2, 0) is 12.1 Å². The van der Waals surface area contributed by atoms with Crippen molar-refractivity contribution in [3.8, 4) is 0 Å². The van der Waals surface area contributed by atoms with Crippen LogP contribution in [0.25, 0.3) is 10.9 Å². The van der Waals surface area contributed by atoms with Crippen LogP contribution in [0.2, 0.25) is 0 Å². The van der Waals surface area contributed by atoms with Crippen molar-refractivity contribution in [2.24, 2.45) is 0 Å². The normalized spacial score (nSPS) is 12.0. The minimum atomic E-state index is -0.540. The van der Waals surface area contributed by atoms with Crippen molar-refractivity contribution < 1.29 is 0 Å². The fourth-order valence-electron chi connectivity index (χ4n) is 2.67. The number of fused-ring (bicyclic) bond motifs is 1. The highest BCUT2D eigenvalue weighted by Crippen LogP contribution is 2.18. The van der Waals surface area contributed by atoms with E-state index in [0.29, 0.717) is 17.4 Å². The summed E-state index contributed by atoms with van der Waals surface area (Å²) in [5, 5.41) is 0.592. The van der Waals surface area contributed by atoms with E-state index in [1.807, 2.05) is 32.9 Å². The molecule has 0 fully saturated rings. The Hall–Kier alpha value is -1.36. The minimum Gasteiger partial charge on any atom is -0.293 e. The summed E-state index contributed by atoms with van der Waals surface area (Å²) in [6, 6.07) is 5.49. The van der Waals surface area contributed by atoms with Gasteiger partial charge in [-0.25, -0.2) is 4.79 Å². The monoisotopic (exact) mass is 366 g/mol. The Morgan fingerprint density at radius 2 is 1.82 bits per heavy atom. The molecule has 0 aliphatic heterocycles. The highest BCUT2D eigenvalue weighted by Gasteiger charge is 2.22. The van der Waals surface area contributed by atoms with Gasteiger partial charge in [-0.3, -0.25) is 13.9 Å². The van der Waals surface area contributed by atoms with Gasteiger partial charge in [0, 0.05) is 16.6 Å². The Morgan fingerprint density at radius 3 is 2.41 bits per heavy atom. The van der Waals surface area contributed by atoms with Gasteiger partial charge in [0.05, 0.1) is 10.9 Å². The molecule has 22 heavy (non-hydrogen) atoms. The molecule has 0 saturated heterocycles. The van der Waals surface area contributed by atoms with Crippen molar-refractivity contribution >= 4 is 26.8 Å². The van der Waals surface area contributed by atoms with Crippen molar-refractivity contribution in [3.05, 3.63) is 43.5 Å². The lowest BCUT2D eigenvalue weighted by Crippen LogP contribution is -2.47. The van der Waals surface area contributed by atoms with Gasteiger partial charge in [0.2, 0.25) is 0 Å². The van der Waals surface area contributed by atoms with E-state index >= 15 is 0 Å². The maximum atomic E-state index is 12.9. The molecule has 2 aromatic rings. The minimum absolute atomic E-state index is 0.216. The zero-order valence-electron chi connectivity index (χ0n) is 13.6. The van der Waals surface area contributed by atoms with Crippen molar-refractivity contribution in [2.75, 3.05) is 0 Å². The van der Waals surface area contributed by atoms with E-state index in [2.05, 4.69) is 22.9 Å². The number of nitrogens with zero attached hydrogens (tertiary/aromatic N) is 2. The maximum absolute atomic E-state index is 12.9. The summed E-state index contributed by atoms with van der Waals surface area (Å²) in [4.78, 5) is 25.6. The molecule has 0 saturated carbocycles. The Kier molecular flexibility index (Phi) is 4.95. The number of halogens is 1. The van der Waals surface area contributed by atoms with E-state index in [9.17, 15) is 9.59 Å². The first-order valence-corrected chi connectivity index (χ1v) is 8.52. The Balaban J connectivity index is 2.81. The first-order chi connectivity index (χ1) is 10.3. The molecular formula is C17H23BrN2O2. The van der Waals surface area contributed by atoms with Crippen molar-refractivity contribution in [1.82, 2.24) is 9.13 Å². The predicted octanol–water partition coefficient (Wildman–Crippen LogP) is 3.87. The molecule has 1 aromatic heterocycles. The fourth-order valence-corrected chi connectivity index (χ4v) is 3.02. The molecule has 0 N–H and O–H groups in total. The second-order valence-corrected chi connectivity index (χ2v) is 7.53. The molecule has 0 bridgehead atoms. The highest BCUT2D eigenvalue weighted by atomic mass is 79.9. The topological polar surface area (TPSA) is 44.0 Å². The number of hydrogen-bond acceptors (Lipinski definition) is 2. The van der Waals surface area contributed by atoms with Gasteiger partial charge in [0.15, 0.2) is 0 Å². The summed E-state index contributed by atoms with van der Waals surface area (Å²) >= 11 is 3.43. The summed E-state index contributed by atoms with van der Waals surface area (Å²) in [6.07, 6.45) is 3.09. The lowest BCUT2D eigenvalue weighted by atomic mass is 10.1. The van der Waals surface area contributed by atoms with E-state index in [0.717, 1.165) is 23.7 Å². The van der Waals surface area contributed by atoms with Gasteiger partial charge in [0.25, 0.3) is 5.56 Å². The molecule has 1 heterocycles. The Bertz CT molecular complexity index is 797. The number of unbranched alkanes of at least 4 members (excludes halogenated alkanes) is 2. The lowest BCUT2D eigenvalue weighted by molar-refractivity contribution is 0.357. The van der Waals surface area contributed by atoms with Gasteiger partial charge >= 0.3 is 5.69 Å².